The van der Waals surface area contributed by atoms with Crippen molar-refractivity contribution in [2.45, 2.75) is 219 Å². The van der Waals surface area contributed by atoms with E-state index in [4.69, 9.17) is 18.9 Å². The number of likely N-dealkylation sites (N-methyl/N-ethyl adjacent to an activating group) is 1. The lowest BCUT2D eigenvalue weighted by molar-refractivity contribution is -0.870. The Hall–Kier alpha value is -3.79. The van der Waals surface area contributed by atoms with Crippen LogP contribution in [0.15, 0.2) is 97.2 Å². The third-order valence-corrected chi connectivity index (χ3v) is 11.3. The predicted molar refractivity (Wildman–Crippen MR) is 290 cm³/mol. The zero-order valence-electron chi connectivity index (χ0n) is 44.7. The number of carbonyl (C=O) groups excluding carboxylic acids is 2. The van der Waals surface area contributed by atoms with Gasteiger partial charge in [0.1, 0.15) is 13.2 Å². The second-order valence-corrected chi connectivity index (χ2v) is 19.1. The lowest BCUT2D eigenvalue weighted by atomic mass is 10.0. The third-order valence-electron chi connectivity index (χ3n) is 11.3. The van der Waals surface area contributed by atoms with Gasteiger partial charge in [-0.1, -0.05) is 201 Å². The maximum atomic E-state index is 12.8. The molecule has 0 aliphatic carbocycles. The van der Waals surface area contributed by atoms with Crippen LogP contribution in [0.3, 0.4) is 0 Å². The molecule has 0 amide bonds. The van der Waals surface area contributed by atoms with Gasteiger partial charge in [-0.05, 0) is 89.9 Å². The van der Waals surface area contributed by atoms with Gasteiger partial charge in [0.25, 0.3) is 6.29 Å². The van der Waals surface area contributed by atoms with Gasteiger partial charge in [0.2, 0.25) is 0 Å². The standard InChI is InChI=1S/C60H101NO8/c1-6-8-10-12-14-16-18-20-21-22-23-24-25-26-27-28-29-30-31-32-33-34-35-36-37-39-41-43-45-47-49-51-58(63)69-56(55-68-60(59(64)65)66-53-52-61(3,4)5)54-67-57(62)50-48-46-44-42-40-38-19-17-15-13-11-9-7-2/h8-11,14-17,20-21,23-24,26-27,38,40,56,60H,6-7,12-13,18-19,22,25,28-37,39,41-55H2,1-5H3/p+1/b10-8-,11-9-,16-14-,17-15-,21-20-,24-23-,27-26-,40-38-. The molecule has 0 spiro atoms. The molecule has 0 aromatic rings. The Bertz CT molecular complexity index is 1450. The van der Waals surface area contributed by atoms with Gasteiger partial charge in [-0.2, -0.15) is 0 Å². The number of aliphatic carboxylic acids is 1. The number of carboxylic acid groups (broad SMARTS) is 1. The lowest BCUT2D eigenvalue weighted by Crippen LogP contribution is -2.40. The van der Waals surface area contributed by atoms with Gasteiger partial charge >= 0.3 is 17.9 Å². The average Bonchev–Trinajstić information content (AvgIpc) is 3.31. The predicted octanol–water partition coefficient (Wildman–Crippen LogP) is 15.8. The van der Waals surface area contributed by atoms with E-state index in [0.717, 1.165) is 89.9 Å². The van der Waals surface area contributed by atoms with Crippen molar-refractivity contribution in [3.63, 3.8) is 0 Å². The van der Waals surface area contributed by atoms with Crippen LogP contribution >= 0.6 is 0 Å². The molecular weight excluding hydrogens is 863 g/mol. The zero-order chi connectivity index (χ0) is 50.6. The molecule has 2 unspecified atom stereocenters. The first-order valence-corrected chi connectivity index (χ1v) is 27.4. The minimum absolute atomic E-state index is 0.179. The molecule has 2 atom stereocenters. The Kier molecular flexibility index (Phi) is 47.8. The Morgan fingerprint density at radius 3 is 1.17 bits per heavy atom. The van der Waals surface area contributed by atoms with Gasteiger partial charge in [-0.25, -0.2) is 4.79 Å². The van der Waals surface area contributed by atoms with Gasteiger partial charge < -0.3 is 28.5 Å². The molecule has 0 bridgehead atoms. The second-order valence-electron chi connectivity index (χ2n) is 19.1. The first kappa shape index (κ1) is 65.2. The molecule has 0 saturated carbocycles. The monoisotopic (exact) mass is 965 g/mol. The quantitative estimate of drug-likeness (QED) is 0.0211. The second kappa shape index (κ2) is 50.6. The van der Waals surface area contributed by atoms with Gasteiger partial charge in [-0.15, -0.1) is 0 Å². The van der Waals surface area contributed by atoms with E-state index in [1.807, 2.05) is 21.1 Å². The number of nitrogens with zero attached hydrogens (tertiary/aromatic N) is 1. The number of carbonyl (C=O) groups is 3. The van der Waals surface area contributed by atoms with E-state index < -0.39 is 24.3 Å². The fraction of sp³-hybridized carbons (Fsp3) is 0.683. The number of unbranched alkanes of at least 4 members (excludes halogenated alkanes) is 18. The maximum Gasteiger partial charge on any atom is 0.361 e. The molecule has 9 nitrogen and oxygen atoms in total. The van der Waals surface area contributed by atoms with E-state index in [1.54, 1.807) is 0 Å². The van der Waals surface area contributed by atoms with Crippen LogP contribution in [0.25, 0.3) is 0 Å². The Morgan fingerprint density at radius 2 is 0.783 bits per heavy atom. The summed E-state index contributed by atoms with van der Waals surface area (Å²) in [5.41, 5.74) is 0. The van der Waals surface area contributed by atoms with E-state index in [0.29, 0.717) is 23.9 Å². The van der Waals surface area contributed by atoms with Gasteiger partial charge in [-0.3, -0.25) is 9.59 Å². The number of ether oxygens (including phenoxy) is 4. The summed E-state index contributed by atoms with van der Waals surface area (Å²) in [6.07, 6.45) is 65.0. The fourth-order valence-electron chi connectivity index (χ4n) is 7.17. The summed E-state index contributed by atoms with van der Waals surface area (Å²) in [6.45, 7) is 4.60. The van der Waals surface area contributed by atoms with Crippen LogP contribution in [-0.4, -0.2) is 87.4 Å². The molecule has 394 valence electrons. The maximum absolute atomic E-state index is 12.8. The number of hydrogen-bond donors (Lipinski definition) is 1. The van der Waals surface area contributed by atoms with Crippen LogP contribution in [0.1, 0.15) is 206 Å². The van der Waals surface area contributed by atoms with E-state index >= 15 is 0 Å². The topological polar surface area (TPSA) is 108 Å². The average molecular weight is 965 g/mol. The molecule has 0 aromatic heterocycles. The first-order chi connectivity index (χ1) is 33.6. The molecule has 0 fully saturated rings. The van der Waals surface area contributed by atoms with Crippen molar-refractivity contribution < 1.29 is 42.9 Å². The summed E-state index contributed by atoms with van der Waals surface area (Å²) in [6, 6.07) is 0. The van der Waals surface area contributed by atoms with Crippen LogP contribution < -0.4 is 0 Å². The largest absolute Gasteiger partial charge is 0.477 e. The van der Waals surface area contributed by atoms with E-state index in [-0.39, 0.29) is 38.6 Å². The minimum atomic E-state index is -1.52. The molecule has 69 heavy (non-hydrogen) atoms. The van der Waals surface area contributed by atoms with Crippen LogP contribution in [0.4, 0.5) is 0 Å². The highest BCUT2D eigenvalue weighted by atomic mass is 16.7. The normalized spacial score (nSPS) is 13.6. The highest BCUT2D eigenvalue weighted by Gasteiger charge is 2.25. The zero-order valence-corrected chi connectivity index (χ0v) is 44.7. The number of hydrogen-bond acceptors (Lipinski definition) is 7. The first-order valence-electron chi connectivity index (χ1n) is 27.4. The van der Waals surface area contributed by atoms with Crippen molar-refractivity contribution in [2.75, 3.05) is 47.5 Å². The third kappa shape index (κ3) is 51.9. The minimum Gasteiger partial charge on any atom is -0.477 e. The van der Waals surface area contributed by atoms with Crippen LogP contribution in [0.2, 0.25) is 0 Å². The number of allylic oxidation sites excluding steroid dienone is 16. The molecule has 0 aliphatic rings. The van der Waals surface area contributed by atoms with Gasteiger partial charge in [0.15, 0.2) is 6.10 Å². The molecule has 0 rings (SSSR count). The Balaban J connectivity index is 4.18. The van der Waals surface area contributed by atoms with E-state index in [1.165, 1.54) is 77.0 Å². The molecule has 9 heteroatoms. The van der Waals surface area contributed by atoms with Gasteiger partial charge in [0.05, 0.1) is 34.4 Å². The van der Waals surface area contributed by atoms with Crippen molar-refractivity contribution in [3.05, 3.63) is 97.2 Å². The molecule has 0 heterocycles. The molecule has 0 aromatic carbocycles. The van der Waals surface area contributed by atoms with Crippen LogP contribution in [-0.2, 0) is 33.3 Å². The summed E-state index contributed by atoms with van der Waals surface area (Å²) >= 11 is 0. The summed E-state index contributed by atoms with van der Waals surface area (Å²) in [5, 5.41) is 9.67. The summed E-state index contributed by atoms with van der Waals surface area (Å²) in [5.74, 6) is -2.05. The van der Waals surface area contributed by atoms with Gasteiger partial charge in [0, 0.05) is 12.8 Å². The molecule has 0 saturated heterocycles. The van der Waals surface area contributed by atoms with E-state index in [9.17, 15) is 19.5 Å². The van der Waals surface area contributed by atoms with E-state index in [2.05, 4.69) is 111 Å². The van der Waals surface area contributed by atoms with Crippen molar-refractivity contribution >= 4 is 17.9 Å². The highest BCUT2D eigenvalue weighted by Crippen LogP contribution is 2.15. The summed E-state index contributed by atoms with van der Waals surface area (Å²) in [7, 11) is 5.95. The number of esters is 2. The van der Waals surface area contributed by atoms with Crippen molar-refractivity contribution in [3.8, 4) is 0 Å². The van der Waals surface area contributed by atoms with Crippen molar-refractivity contribution in [1.29, 1.82) is 0 Å². The Labute approximate surface area is 422 Å². The SMILES string of the molecule is CC/C=C\C/C=C\C/C=C\C/C=C\C/C=C\CCCCCCCCCCCCCCCCCC(=O)OC(COC(=O)CCCCC/C=C\C/C=C\C/C=C\CC)COC(OCC[N+](C)(C)C)C(=O)O. The molecular formula is C60H102NO8+. The number of carboxylic acids is 1. The van der Waals surface area contributed by atoms with Crippen LogP contribution in [0.5, 0.6) is 0 Å². The smallest absolute Gasteiger partial charge is 0.361 e. The highest BCUT2D eigenvalue weighted by molar-refractivity contribution is 5.71. The molecule has 1 N–H and O–H groups in total. The molecule has 0 radical (unpaired) electrons. The molecule has 0 aliphatic heterocycles. The van der Waals surface area contributed by atoms with Crippen LogP contribution in [0, 0.1) is 0 Å². The van der Waals surface area contributed by atoms with Crippen molar-refractivity contribution in [1.82, 2.24) is 0 Å². The number of rotatable bonds is 49. The van der Waals surface area contributed by atoms with Crippen molar-refractivity contribution in [2.24, 2.45) is 0 Å². The Morgan fingerprint density at radius 1 is 0.435 bits per heavy atom. The summed E-state index contributed by atoms with van der Waals surface area (Å²) < 4.78 is 22.8. The summed E-state index contributed by atoms with van der Waals surface area (Å²) in [4.78, 5) is 37.3. The fourth-order valence-corrected chi connectivity index (χ4v) is 7.17. The lowest BCUT2D eigenvalue weighted by Gasteiger charge is -2.25. The number of quaternary nitrogens is 1.